The van der Waals surface area contributed by atoms with Gasteiger partial charge in [0.15, 0.2) is 5.96 Å². The molecule has 1 saturated carbocycles. The van der Waals surface area contributed by atoms with Crippen molar-refractivity contribution in [2.75, 3.05) is 60.0 Å². The third-order valence-electron chi connectivity index (χ3n) is 6.34. The van der Waals surface area contributed by atoms with Crippen LogP contribution in [0.15, 0.2) is 21.5 Å². The van der Waals surface area contributed by atoms with Gasteiger partial charge in [0.25, 0.3) is 0 Å². The van der Waals surface area contributed by atoms with Gasteiger partial charge >= 0.3 is 0 Å². The lowest BCUT2D eigenvalue weighted by Crippen LogP contribution is -2.47. The molecule has 1 aromatic rings. The van der Waals surface area contributed by atoms with Crippen molar-refractivity contribution in [3.8, 4) is 0 Å². The van der Waals surface area contributed by atoms with Crippen LogP contribution in [0, 0.1) is 12.3 Å². The number of furan rings is 1. The summed E-state index contributed by atoms with van der Waals surface area (Å²) < 4.78 is 11.5. The fraction of sp³-hybridized carbons (Fsp3) is 0.739. The van der Waals surface area contributed by atoms with Crippen LogP contribution in [0.2, 0.25) is 0 Å². The Balaban J connectivity index is 0.00000363. The fourth-order valence-corrected chi connectivity index (χ4v) is 4.66. The van der Waals surface area contributed by atoms with Crippen molar-refractivity contribution < 1.29 is 13.9 Å². The number of rotatable bonds is 8. The highest BCUT2D eigenvalue weighted by Crippen LogP contribution is 2.39. The molecule has 3 rings (SSSR count). The van der Waals surface area contributed by atoms with Crippen LogP contribution in [-0.4, -0.2) is 81.7 Å². The molecule has 1 atom stereocenters. The molecule has 1 saturated heterocycles. The predicted molar refractivity (Wildman–Crippen MR) is 138 cm³/mol. The zero-order chi connectivity index (χ0) is 22.3. The van der Waals surface area contributed by atoms with E-state index in [4.69, 9.17) is 14.1 Å². The molecule has 1 aliphatic heterocycles. The maximum Gasteiger partial charge on any atom is 0.230 e. The third kappa shape index (κ3) is 6.84. The number of aliphatic imine (C=N–C) groups is 1. The number of nitrogens with one attached hydrogen (secondary N) is 2. The van der Waals surface area contributed by atoms with E-state index in [0.29, 0.717) is 13.1 Å². The van der Waals surface area contributed by atoms with Crippen molar-refractivity contribution >= 4 is 35.8 Å². The first kappa shape index (κ1) is 26.9. The number of carbonyl (C=O) groups excluding carboxylic acids is 1. The first-order valence-electron chi connectivity index (χ1n) is 11.6. The van der Waals surface area contributed by atoms with Crippen molar-refractivity contribution in [1.29, 1.82) is 0 Å². The standard InChI is InChI=1S/C23H39N5O3.HI/c1-5-24-22(26-17-23(10-6-7-11-23)21(29)27(3)4)25-16-19(20-9-8-18(2)31-20)28-12-14-30-15-13-28;/h8-9,19H,5-7,10-17H2,1-4H3,(H2,24,25,26);1H. The molecule has 1 amide bonds. The lowest BCUT2D eigenvalue weighted by Gasteiger charge is -2.34. The summed E-state index contributed by atoms with van der Waals surface area (Å²) in [5, 5.41) is 6.85. The maximum absolute atomic E-state index is 12.9. The molecule has 2 N–H and O–H groups in total. The van der Waals surface area contributed by atoms with Gasteiger partial charge in [0, 0.05) is 40.3 Å². The lowest BCUT2D eigenvalue weighted by atomic mass is 9.85. The number of ether oxygens (including phenoxy) is 1. The smallest absolute Gasteiger partial charge is 0.230 e. The van der Waals surface area contributed by atoms with Gasteiger partial charge < -0.3 is 24.7 Å². The summed E-state index contributed by atoms with van der Waals surface area (Å²) in [4.78, 5) is 21.9. The average Bonchev–Trinajstić information content (AvgIpc) is 3.42. The molecule has 1 aliphatic carbocycles. The van der Waals surface area contributed by atoms with Crippen molar-refractivity contribution in [2.24, 2.45) is 10.4 Å². The summed E-state index contributed by atoms with van der Waals surface area (Å²) in [7, 11) is 3.68. The monoisotopic (exact) mass is 561 g/mol. The summed E-state index contributed by atoms with van der Waals surface area (Å²) in [5.74, 6) is 2.82. The van der Waals surface area contributed by atoms with E-state index < -0.39 is 0 Å². The van der Waals surface area contributed by atoms with Crippen LogP contribution in [-0.2, 0) is 9.53 Å². The van der Waals surface area contributed by atoms with Gasteiger partial charge in [0.05, 0.1) is 31.2 Å². The van der Waals surface area contributed by atoms with Gasteiger partial charge in [-0.2, -0.15) is 0 Å². The zero-order valence-corrected chi connectivity index (χ0v) is 22.3. The average molecular weight is 562 g/mol. The molecule has 2 heterocycles. The second-order valence-corrected chi connectivity index (χ2v) is 8.88. The molecule has 0 bridgehead atoms. The predicted octanol–water partition coefficient (Wildman–Crippen LogP) is 2.78. The van der Waals surface area contributed by atoms with Gasteiger partial charge in [0.1, 0.15) is 11.5 Å². The lowest BCUT2D eigenvalue weighted by molar-refractivity contribution is -0.138. The van der Waals surface area contributed by atoms with Gasteiger partial charge in [-0.15, -0.1) is 24.0 Å². The van der Waals surface area contributed by atoms with E-state index in [0.717, 1.165) is 76.0 Å². The van der Waals surface area contributed by atoms with Crippen molar-refractivity contribution in [2.45, 2.75) is 45.6 Å². The number of aryl methyl sites for hydroxylation is 1. The van der Waals surface area contributed by atoms with Crippen LogP contribution < -0.4 is 10.6 Å². The summed E-state index contributed by atoms with van der Waals surface area (Å²) in [5.41, 5.74) is -0.367. The number of amides is 1. The highest BCUT2D eigenvalue weighted by Gasteiger charge is 2.42. The Labute approximate surface area is 209 Å². The Bertz CT molecular complexity index is 740. The Morgan fingerprint density at radius 1 is 1.22 bits per heavy atom. The number of nitrogens with zero attached hydrogens (tertiary/aromatic N) is 3. The van der Waals surface area contributed by atoms with Gasteiger partial charge in [-0.05, 0) is 38.8 Å². The van der Waals surface area contributed by atoms with E-state index in [2.05, 4.69) is 28.5 Å². The molecule has 1 aromatic heterocycles. The van der Waals surface area contributed by atoms with E-state index in [1.807, 2.05) is 27.1 Å². The second-order valence-electron chi connectivity index (χ2n) is 8.88. The number of carbonyl (C=O) groups is 1. The SMILES string of the molecule is CCNC(=NCC1(C(=O)N(C)C)CCCC1)NCC(c1ccc(C)o1)N1CCOCC1.I. The molecule has 1 unspecified atom stereocenters. The van der Waals surface area contributed by atoms with Crippen molar-refractivity contribution in [1.82, 2.24) is 20.4 Å². The number of hydrogen-bond acceptors (Lipinski definition) is 5. The fourth-order valence-electron chi connectivity index (χ4n) is 4.66. The number of guanidine groups is 1. The third-order valence-corrected chi connectivity index (χ3v) is 6.34. The quantitative estimate of drug-likeness (QED) is 0.289. The van der Waals surface area contributed by atoms with E-state index in [1.54, 1.807) is 4.90 Å². The number of hydrogen-bond donors (Lipinski definition) is 2. The maximum atomic E-state index is 12.9. The molecule has 2 fully saturated rings. The zero-order valence-electron chi connectivity index (χ0n) is 20.0. The van der Waals surface area contributed by atoms with Gasteiger partial charge in [-0.3, -0.25) is 14.7 Å². The Kier molecular flexibility index (Phi) is 10.8. The van der Waals surface area contributed by atoms with Gasteiger partial charge in [-0.25, -0.2) is 0 Å². The van der Waals surface area contributed by atoms with Crippen molar-refractivity contribution in [3.63, 3.8) is 0 Å². The van der Waals surface area contributed by atoms with E-state index in [9.17, 15) is 4.79 Å². The molecular formula is C23H40IN5O3. The minimum absolute atomic E-state index is 0. The molecule has 182 valence electrons. The molecule has 2 aliphatic rings. The largest absolute Gasteiger partial charge is 0.465 e. The second kappa shape index (κ2) is 12.8. The molecular weight excluding hydrogens is 521 g/mol. The first-order valence-corrected chi connectivity index (χ1v) is 11.6. The van der Waals surface area contributed by atoms with Crippen LogP contribution in [0.5, 0.6) is 0 Å². The summed E-state index contributed by atoms with van der Waals surface area (Å²) in [6, 6.07) is 4.17. The molecule has 0 spiro atoms. The molecule has 32 heavy (non-hydrogen) atoms. The molecule has 9 heteroatoms. The van der Waals surface area contributed by atoms with Crippen LogP contribution in [0.25, 0.3) is 0 Å². The molecule has 0 radical (unpaired) electrons. The normalized spacial score (nSPS) is 19.8. The van der Waals surface area contributed by atoms with Crippen LogP contribution in [0.1, 0.15) is 50.2 Å². The number of morpholine rings is 1. The van der Waals surface area contributed by atoms with Crippen LogP contribution >= 0.6 is 24.0 Å². The van der Waals surface area contributed by atoms with E-state index >= 15 is 0 Å². The summed E-state index contributed by atoms with van der Waals surface area (Å²) >= 11 is 0. The van der Waals surface area contributed by atoms with Gasteiger partial charge in [0.2, 0.25) is 5.91 Å². The number of halogens is 1. The summed E-state index contributed by atoms with van der Waals surface area (Å²) in [6.07, 6.45) is 4.01. The van der Waals surface area contributed by atoms with E-state index in [-0.39, 0.29) is 41.3 Å². The Morgan fingerprint density at radius 2 is 1.91 bits per heavy atom. The van der Waals surface area contributed by atoms with Crippen LogP contribution in [0.3, 0.4) is 0 Å². The highest BCUT2D eigenvalue weighted by atomic mass is 127. The van der Waals surface area contributed by atoms with Crippen LogP contribution in [0.4, 0.5) is 0 Å². The van der Waals surface area contributed by atoms with E-state index in [1.165, 1.54) is 0 Å². The first-order chi connectivity index (χ1) is 14.9. The molecule has 8 nitrogen and oxygen atoms in total. The van der Waals surface area contributed by atoms with Crippen molar-refractivity contribution in [3.05, 3.63) is 23.7 Å². The minimum atomic E-state index is -0.367. The Morgan fingerprint density at radius 3 is 2.47 bits per heavy atom. The minimum Gasteiger partial charge on any atom is -0.465 e. The topological polar surface area (TPSA) is 82.3 Å². The highest BCUT2D eigenvalue weighted by molar-refractivity contribution is 14.0. The summed E-state index contributed by atoms with van der Waals surface area (Å²) in [6.45, 7) is 9.21. The van der Waals surface area contributed by atoms with Gasteiger partial charge in [-0.1, -0.05) is 12.8 Å². The Hall–Kier alpha value is -1.33. The molecule has 0 aromatic carbocycles.